The normalized spacial score (nSPS) is 11.4. The molecule has 7 nitrogen and oxygen atoms in total. The van der Waals surface area contributed by atoms with Gasteiger partial charge in [-0.2, -0.15) is 0 Å². The van der Waals surface area contributed by atoms with Crippen LogP contribution in [0, 0.1) is 0 Å². The quantitative estimate of drug-likeness (QED) is 0.312. The highest BCUT2D eigenvalue weighted by atomic mass is 32.1. The van der Waals surface area contributed by atoms with Crippen LogP contribution in [0.1, 0.15) is 33.5 Å². The summed E-state index contributed by atoms with van der Waals surface area (Å²) in [5.74, 6) is -0.698. The monoisotopic (exact) mass is 482 g/mol. The number of benzene rings is 2. The SMILES string of the molecule is C/C=C/C(=O)Nc1cccc(-n2c(NC(=O)c3ccc(C(F)F)s3)nc3cc(CO)ccc32)c1. The molecule has 0 saturated carbocycles. The van der Waals surface area contributed by atoms with Crippen molar-refractivity contribution in [1.82, 2.24) is 9.55 Å². The summed E-state index contributed by atoms with van der Waals surface area (Å²) in [5, 5.41) is 14.9. The van der Waals surface area contributed by atoms with E-state index in [0.717, 1.165) is 0 Å². The first-order valence-electron chi connectivity index (χ1n) is 10.2. The lowest BCUT2D eigenvalue weighted by Crippen LogP contribution is -2.14. The van der Waals surface area contributed by atoms with E-state index in [1.165, 1.54) is 18.2 Å². The minimum atomic E-state index is -2.66. The summed E-state index contributed by atoms with van der Waals surface area (Å²) in [5.41, 5.74) is 2.94. The van der Waals surface area contributed by atoms with Crippen molar-refractivity contribution in [3.63, 3.8) is 0 Å². The van der Waals surface area contributed by atoms with Gasteiger partial charge < -0.3 is 10.4 Å². The Hall–Kier alpha value is -3.89. The van der Waals surface area contributed by atoms with E-state index in [9.17, 15) is 23.5 Å². The fourth-order valence-corrected chi connectivity index (χ4v) is 4.14. The number of carbonyl (C=O) groups excluding carboxylic acids is 2. The molecule has 0 atom stereocenters. The number of nitrogens with zero attached hydrogens (tertiary/aromatic N) is 2. The second kappa shape index (κ2) is 9.94. The van der Waals surface area contributed by atoms with Crippen molar-refractivity contribution in [1.29, 1.82) is 0 Å². The Bertz CT molecular complexity index is 1390. The van der Waals surface area contributed by atoms with Gasteiger partial charge in [-0.25, -0.2) is 13.8 Å². The molecule has 34 heavy (non-hydrogen) atoms. The van der Waals surface area contributed by atoms with E-state index in [0.29, 0.717) is 39.3 Å². The van der Waals surface area contributed by atoms with E-state index in [4.69, 9.17) is 0 Å². The van der Waals surface area contributed by atoms with Gasteiger partial charge in [0.25, 0.3) is 12.3 Å². The zero-order valence-electron chi connectivity index (χ0n) is 18.0. The van der Waals surface area contributed by atoms with Crippen LogP contribution in [0.15, 0.2) is 66.7 Å². The lowest BCUT2D eigenvalue weighted by molar-refractivity contribution is -0.111. The highest BCUT2D eigenvalue weighted by molar-refractivity contribution is 7.14. The molecule has 3 N–H and O–H groups in total. The van der Waals surface area contributed by atoms with Crippen molar-refractivity contribution >= 4 is 45.8 Å². The van der Waals surface area contributed by atoms with Crippen LogP contribution in [0.2, 0.25) is 0 Å². The first-order chi connectivity index (χ1) is 16.4. The van der Waals surface area contributed by atoms with Crippen molar-refractivity contribution < 1.29 is 23.5 Å². The zero-order chi connectivity index (χ0) is 24.2. The van der Waals surface area contributed by atoms with Crippen LogP contribution in [0.25, 0.3) is 16.7 Å². The van der Waals surface area contributed by atoms with Crippen LogP contribution in [0.4, 0.5) is 20.4 Å². The lowest BCUT2D eigenvalue weighted by Gasteiger charge is -2.12. The van der Waals surface area contributed by atoms with Gasteiger partial charge in [0.15, 0.2) is 0 Å². The molecule has 0 aliphatic heterocycles. The number of alkyl halides is 2. The molecule has 2 aromatic heterocycles. The van der Waals surface area contributed by atoms with Gasteiger partial charge in [-0.1, -0.05) is 18.2 Å². The fraction of sp³-hybridized carbons (Fsp3) is 0.125. The van der Waals surface area contributed by atoms with E-state index in [-0.39, 0.29) is 28.2 Å². The van der Waals surface area contributed by atoms with Gasteiger partial charge in [-0.15, -0.1) is 11.3 Å². The number of hydrogen-bond donors (Lipinski definition) is 3. The van der Waals surface area contributed by atoms with E-state index >= 15 is 0 Å². The molecule has 4 aromatic rings. The molecule has 0 aliphatic rings. The molecule has 2 aromatic carbocycles. The second-order valence-corrected chi connectivity index (χ2v) is 8.36. The molecule has 4 rings (SSSR count). The maximum atomic E-state index is 13.0. The molecular weight excluding hydrogens is 462 g/mol. The van der Waals surface area contributed by atoms with Gasteiger partial charge in [0.2, 0.25) is 11.9 Å². The number of hydrogen-bond acceptors (Lipinski definition) is 5. The van der Waals surface area contributed by atoms with Crippen molar-refractivity contribution in [2.75, 3.05) is 10.6 Å². The number of imidazole rings is 1. The van der Waals surface area contributed by atoms with Crippen LogP contribution in [0.3, 0.4) is 0 Å². The first-order valence-corrected chi connectivity index (χ1v) is 11.1. The summed E-state index contributed by atoms with van der Waals surface area (Å²) >= 11 is 0.711. The Morgan fingerprint density at radius 3 is 2.68 bits per heavy atom. The van der Waals surface area contributed by atoms with E-state index < -0.39 is 12.3 Å². The Labute approximate surface area is 197 Å². The summed E-state index contributed by atoms with van der Waals surface area (Å²) in [6.07, 6.45) is 0.364. The molecule has 0 unspecified atom stereocenters. The van der Waals surface area contributed by atoms with Crippen molar-refractivity contribution in [2.45, 2.75) is 20.0 Å². The highest BCUT2D eigenvalue weighted by Gasteiger charge is 2.19. The molecule has 0 aliphatic carbocycles. The number of aromatic nitrogens is 2. The number of allylic oxidation sites excluding steroid dienone is 1. The average molecular weight is 483 g/mol. The topological polar surface area (TPSA) is 96.3 Å². The summed E-state index contributed by atoms with van der Waals surface area (Å²) in [4.78, 5) is 29.2. The molecule has 174 valence electrons. The zero-order valence-corrected chi connectivity index (χ0v) is 18.8. The van der Waals surface area contributed by atoms with E-state index in [1.807, 2.05) is 0 Å². The Morgan fingerprint density at radius 1 is 1.15 bits per heavy atom. The standard InChI is InChI=1S/C24H20F2N4O3S/c1-2-4-21(32)27-15-5-3-6-16(12-15)30-18-8-7-14(13-31)11-17(18)28-24(30)29-23(33)20-10-9-19(34-20)22(25)26/h2-12,22,31H,13H2,1H3,(H,27,32)(H,28,29,33)/b4-2+. The Balaban J connectivity index is 1.76. The van der Waals surface area contributed by atoms with Crippen molar-refractivity contribution in [2.24, 2.45) is 0 Å². The number of thiophene rings is 1. The van der Waals surface area contributed by atoms with Gasteiger partial charge in [0.1, 0.15) is 0 Å². The third-order valence-electron chi connectivity index (χ3n) is 4.88. The highest BCUT2D eigenvalue weighted by Crippen LogP contribution is 2.30. The van der Waals surface area contributed by atoms with Gasteiger partial charge >= 0.3 is 0 Å². The van der Waals surface area contributed by atoms with Crippen LogP contribution in [0.5, 0.6) is 0 Å². The predicted octanol–water partition coefficient (Wildman–Crippen LogP) is 5.28. The number of amides is 2. The molecule has 0 fully saturated rings. The Kier molecular flexibility index (Phi) is 6.80. The fourth-order valence-electron chi connectivity index (χ4n) is 3.38. The number of anilines is 2. The van der Waals surface area contributed by atoms with Crippen LogP contribution < -0.4 is 10.6 Å². The van der Waals surface area contributed by atoms with E-state index in [2.05, 4.69) is 15.6 Å². The number of rotatable bonds is 7. The van der Waals surface area contributed by atoms with Gasteiger partial charge in [0.05, 0.1) is 33.1 Å². The summed E-state index contributed by atoms with van der Waals surface area (Å²) < 4.78 is 27.6. The predicted molar refractivity (Wildman–Crippen MR) is 128 cm³/mol. The minimum absolute atomic E-state index is 0.123. The Morgan fingerprint density at radius 2 is 1.97 bits per heavy atom. The number of carbonyl (C=O) groups is 2. The van der Waals surface area contributed by atoms with Gasteiger partial charge in [0, 0.05) is 5.69 Å². The molecule has 0 saturated heterocycles. The summed E-state index contributed by atoms with van der Waals surface area (Å²) in [6, 6.07) is 14.7. The number of aliphatic hydroxyl groups is 1. The summed E-state index contributed by atoms with van der Waals surface area (Å²) in [7, 11) is 0. The third kappa shape index (κ3) is 4.87. The smallest absolute Gasteiger partial charge is 0.272 e. The molecule has 0 radical (unpaired) electrons. The minimum Gasteiger partial charge on any atom is -0.392 e. The van der Waals surface area contributed by atoms with Crippen LogP contribution in [-0.2, 0) is 11.4 Å². The lowest BCUT2D eigenvalue weighted by atomic mass is 10.2. The third-order valence-corrected chi connectivity index (χ3v) is 5.97. The molecule has 0 bridgehead atoms. The maximum absolute atomic E-state index is 13.0. The van der Waals surface area contributed by atoms with Crippen molar-refractivity contribution in [3.8, 4) is 5.69 Å². The molecule has 2 amide bonds. The van der Waals surface area contributed by atoms with Gasteiger partial charge in [-0.05, 0) is 61.0 Å². The average Bonchev–Trinajstić information content (AvgIpc) is 3.44. The van der Waals surface area contributed by atoms with Crippen LogP contribution >= 0.6 is 11.3 Å². The molecule has 2 heterocycles. The number of fused-ring (bicyclic) bond motifs is 1. The van der Waals surface area contributed by atoms with Crippen molar-refractivity contribution in [3.05, 3.63) is 82.1 Å². The number of aliphatic hydroxyl groups excluding tert-OH is 1. The molecular formula is C24H20F2N4O3S. The van der Waals surface area contributed by atoms with Gasteiger partial charge in [-0.3, -0.25) is 19.5 Å². The largest absolute Gasteiger partial charge is 0.392 e. The first kappa shape index (κ1) is 23.3. The summed E-state index contributed by atoms with van der Waals surface area (Å²) in [6.45, 7) is 1.56. The maximum Gasteiger partial charge on any atom is 0.272 e. The van der Waals surface area contributed by atoms with Crippen LogP contribution in [-0.4, -0.2) is 26.5 Å². The molecule has 0 spiro atoms. The van der Waals surface area contributed by atoms with E-state index in [1.54, 1.807) is 60.0 Å². The molecule has 10 heteroatoms. The number of halogens is 2. The number of nitrogens with one attached hydrogen (secondary N) is 2. The second-order valence-electron chi connectivity index (χ2n) is 7.25.